The molecule has 2 aliphatic rings. The highest BCUT2D eigenvalue weighted by Crippen LogP contribution is 2.26. The summed E-state index contributed by atoms with van der Waals surface area (Å²) in [5.41, 5.74) is 0.543. The number of nitrogens with one attached hydrogen (secondary N) is 1. The summed E-state index contributed by atoms with van der Waals surface area (Å²) < 4.78 is 36.6. The van der Waals surface area contributed by atoms with Crippen molar-refractivity contribution >= 4 is 40.0 Å². The summed E-state index contributed by atoms with van der Waals surface area (Å²) in [5.74, 6) is 0.713. The van der Waals surface area contributed by atoms with E-state index >= 15 is 0 Å². The molecule has 1 N–H and O–H groups in total. The molecule has 3 heterocycles. The number of ether oxygens (including phenoxy) is 1. The third-order valence-corrected chi connectivity index (χ3v) is 6.41. The van der Waals surface area contributed by atoms with Gasteiger partial charge in [0.15, 0.2) is 5.96 Å². The second kappa shape index (κ2) is 9.52. The molecule has 0 atom stereocenters. The van der Waals surface area contributed by atoms with Crippen LogP contribution in [0.1, 0.15) is 19.5 Å². The van der Waals surface area contributed by atoms with E-state index in [9.17, 15) is 8.42 Å². The van der Waals surface area contributed by atoms with Crippen molar-refractivity contribution in [3.8, 4) is 0 Å². The molecule has 0 spiro atoms. The Balaban J connectivity index is 0.00000261. The summed E-state index contributed by atoms with van der Waals surface area (Å²) in [7, 11) is -3.39. The van der Waals surface area contributed by atoms with E-state index in [1.54, 1.807) is 6.07 Å². The van der Waals surface area contributed by atoms with Crippen molar-refractivity contribution in [2.24, 2.45) is 10.4 Å². The fourth-order valence-electron chi connectivity index (χ4n) is 3.00. The van der Waals surface area contributed by atoms with Gasteiger partial charge in [-0.1, -0.05) is 12.1 Å². The van der Waals surface area contributed by atoms with E-state index in [0.717, 1.165) is 25.7 Å². The minimum Gasteiger partial charge on any atom is -0.380 e. The first-order valence-electron chi connectivity index (χ1n) is 8.90. The van der Waals surface area contributed by atoms with Gasteiger partial charge in [0.05, 0.1) is 25.5 Å². The highest BCUT2D eigenvalue weighted by Gasteiger charge is 2.34. The fourth-order valence-corrected chi connectivity index (χ4v) is 4.43. The lowest BCUT2D eigenvalue weighted by Gasteiger charge is -2.38. The SMILES string of the molecule is CCNC(=NCC1(C)COC1)N1CCN(S(=O)(=O)Cc2ccon2)CC1.I. The predicted octanol–water partition coefficient (Wildman–Crippen LogP) is 0.742. The van der Waals surface area contributed by atoms with Crippen LogP contribution in [0, 0.1) is 5.41 Å². The highest BCUT2D eigenvalue weighted by atomic mass is 127. The summed E-state index contributed by atoms with van der Waals surface area (Å²) in [4.78, 5) is 6.86. The number of aromatic nitrogens is 1. The van der Waals surface area contributed by atoms with E-state index in [-0.39, 0.29) is 35.1 Å². The van der Waals surface area contributed by atoms with Crippen LogP contribution in [0.25, 0.3) is 0 Å². The van der Waals surface area contributed by atoms with Gasteiger partial charge in [-0.25, -0.2) is 8.42 Å². The Morgan fingerprint density at radius 1 is 1.33 bits per heavy atom. The summed E-state index contributed by atoms with van der Waals surface area (Å²) in [6.45, 7) is 9.25. The molecule has 3 rings (SSSR count). The van der Waals surface area contributed by atoms with Gasteiger partial charge in [0.2, 0.25) is 10.0 Å². The Hall–Kier alpha value is -0.920. The molecular weight excluding hydrogens is 485 g/mol. The molecule has 0 aliphatic carbocycles. The molecule has 2 fully saturated rings. The van der Waals surface area contributed by atoms with Crippen LogP contribution < -0.4 is 5.32 Å². The fraction of sp³-hybridized carbons (Fsp3) is 0.750. The van der Waals surface area contributed by atoms with Crippen molar-refractivity contribution < 1.29 is 17.7 Å². The number of nitrogens with zero attached hydrogens (tertiary/aromatic N) is 4. The van der Waals surface area contributed by atoms with Crippen LogP contribution >= 0.6 is 24.0 Å². The van der Waals surface area contributed by atoms with Crippen LogP contribution in [0.5, 0.6) is 0 Å². The first kappa shape index (κ1) is 22.4. The van der Waals surface area contributed by atoms with E-state index in [4.69, 9.17) is 14.3 Å². The zero-order valence-corrected chi connectivity index (χ0v) is 18.9. The lowest BCUT2D eigenvalue weighted by atomic mass is 9.89. The molecule has 154 valence electrons. The number of guanidine groups is 1. The topological polar surface area (TPSA) is 100 Å². The Morgan fingerprint density at radius 2 is 2.04 bits per heavy atom. The average Bonchev–Trinajstić information content (AvgIpc) is 3.09. The van der Waals surface area contributed by atoms with Crippen molar-refractivity contribution in [3.63, 3.8) is 0 Å². The van der Waals surface area contributed by atoms with Crippen molar-refractivity contribution in [1.29, 1.82) is 0 Å². The van der Waals surface area contributed by atoms with Gasteiger partial charge in [0, 0.05) is 44.2 Å². The van der Waals surface area contributed by atoms with Crippen molar-refractivity contribution in [1.82, 2.24) is 19.7 Å². The average molecular weight is 513 g/mol. The van der Waals surface area contributed by atoms with Gasteiger partial charge in [-0.15, -0.1) is 24.0 Å². The molecule has 2 saturated heterocycles. The molecule has 0 amide bonds. The van der Waals surface area contributed by atoms with Crippen LogP contribution in [0.3, 0.4) is 0 Å². The van der Waals surface area contributed by atoms with Crippen LogP contribution in [-0.4, -0.2) is 81.2 Å². The Labute approximate surface area is 177 Å². The van der Waals surface area contributed by atoms with Gasteiger partial charge in [0.25, 0.3) is 0 Å². The van der Waals surface area contributed by atoms with Crippen LogP contribution in [0.2, 0.25) is 0 Å². The van der Waals surface area contributed by atoms with E-state index in [2.05, 4.69) is 22.3 Å². The molecule has 2 aliphatic heterocycles. The third kappa shape index (κ3) is 5.78. The zero-order valence-electron chi connectivity index (χ0n) is 15.8. The summed E-state index contributed by atoms with van der Waals surface area (Å²) in [5, 5.41) is 7.00. The molecule has 0 bridgehead atoms. The number of hydrogen-bond acceptors (Lipinski definition) is 6. The standard InChI is InChI=1S/C16H27N5O4S.HI/c1-3-17-15(18-11-16(2)12-24-13-16)20-5-7-21(8-6-20)26(22,23)10-14-4-9-25-19-14;/h4,9H,3,5-8,10-13H2,1-2H3,(H,17,18);1H. The molecule has 0 unspecified atom stereocenters. The third-order valence-electron chi connectivity index (χ3n) is 4.60. The van der Waals surface area contributed by atoms with Crippen LogP contribution in [0.4, 0.5) is 0 Å². The van der Waals surface area contributed by atoms with Gasteiger partial charge < -0.3 is 19.5 Å². The molecule has 11 heteroatoms. The van der Waals surface area contributed by atoms with E-state index in [1.807, 2.05) is 6.92 Å². The monoisotopic (exact) mass is 513 g/mol. The molecule has 0 aromatic carbocycles. The van der Waals surface area contributed by atoms with E-state index in [0.29, 0.717) is 38.4 Å². The van der Waals surface area contributed by atoms with Gasteiger partial charge in [0.1, 0.15) is 12.0 Å². The highest BCUT2D eigenvalue weighted by molar-refractivity contribution is 14.0. The van der Waals surface area contributed by atoms with Gasteiger partial charge in [-0.05, 0) is 6.92 Å². The van der Waals surface area contributed by atoms with Crippen molar-refractivity contribution in [3.05, 3.63) is 18.0 Å². The lowest BCUT2D eigenvalue weighted by Crippen LogP contribution is -2.54. The summed E-state index contributed by atoms with van der Waals surface area (Å²) in [6, 6.07) is 1.58. The van der Waals surface area contributed by atoms with E-state index < -0.39 is 10.0 Å². The number of hydrogen-bond donors (Lipinski definition) is 1. The maximum Gasteiger partial charge on any atom is 0.220 e. The van der Waals surface area contributed by atoms with Gasteiger partial charge >= 0.3 is 0 Å². The number of aliphatic imine (C=N–C) groups is 1. The van der Waals surface area contributed by atoms with E-state index in [1.165, 1.54) is 10.6 Å². The second-order valence-electron chi connectivity index (χ2n) is 7.11. The smallest absolute Gasteiger partial charge is 0.220 e. The largest absolute Gasteiger partial charge is 0.380 e. The normalized spacial score (nSPS) is 20.7. The molecular formula is C16H28IN5O4S. The first-order valence-corrected chi connectivity index (χ1v) is 10.5. The van der Waals surface area contributed by atoms with Gasteiger partial charge in [-0.2, -0.15) is 4.31 Å². The Morgan fingerprint density at radius 3 is 2.56 bits per heavy atom. The first-order chi connectivity index (χ1) is 12.4. The predicted molar refractivity (Wildman–Crippen MR) is 113 cm³/mol. The Kier molecular flexibility index (Phi) is 7.89. The molecule has 27 heavy (non-hydrogen) atoms. The quantitative estimate of drug-likeness (QED) is 0.340. The van der Waals surface area contributed by atoms with Crippen LogP contribution in [-0.2, 0) is 20.5 Å². The van der Waals surface area contributed by atoms with Crippen LogP contribution in [0.15, 0.2) is 21.8 Å². The molecule has 9 nitrogen and oxygen atoms in total. The zero-order chi connectivity index (χ0) is 18.6. The van der Waals surface area contributed by atoms with Crippen molar-refractivity contribution in [2.75, 3.05) is 52.5 Å². The minimum atomic E-state index is -3.39. The molecule has 0 radical (unpaired) electrons. The molecule has 0 saturated carbocycles. The minimum absolute atomic E-state index is 0. The number of piperazine rings is 1. The maximum atomic E-state index is 12.5. The Bertz CT molecular complexity index is 713. The maximum absolute atomic E-state index is 12.5. The number of sulfonamides is 1. The van der Waals surface area contributed by atoms with Gasteiger partial charge in [-0.3, -0.25) is 4.99 Å². The van der Waals surface area contributed by atoms with Crippen molar-refractivity contribution in [2.45, 2.75) is 19.6 Å². The molecule has 1 aromatic heterocycles. The summed E-state index contributed by atoms with van der Waals surface area (Å²) >= 11 is 0. The summed E-state index contributed by atoms with van der Waals surface area (Å²) in [6.07, 6.45) is 1.38. The number of rotatable bonds is 6. The lowest BCUT2D eigenvalue weighted by molar-refractivity contribution is -0.0946. The second-order valence-corrected chi connectivity index (χ2v) is 9.08. The number of halogens is 1. The molecule has 1 aromatic rings.